The van der Waals surface area contributed by atoms with Crippen molar-refractivity contribution in [3.8, 4) is 11.8 Å². The number of benzene rings is 2. The van der Waals surface area contributed by atoms with Crippen molar-refractivity contribution in [2.45, 2.75) is 25.4 Å². The Morgan fingerprint density at radius 3 is 2.58 bits per heavy atom. The maximum atomic E-state index is 12.6. The molecule has 2 aromatic rings. The molecule has 2 N–H and O–H groups in total. The molecule has 2 aromatic carbocycles. The molecule has 9 heteroatoms. The van der Waals surface area contributed by atoms with E-state index < -0.39 is 6.10 Å². The molecule has 7 nitrogen and oxygen atoms in total. The number of anilines is 1. The number of para-hydroxylation sites is 1. The van der Waals surface area contributed by atoms with Gasteiger partial charge in [-0.25, -0.2) is 0 Å². The zero-order valence-corrected chi connectivity index (χ0v) is 18.3. The first-order valence-corrected chi connectivity index (χ1v) is 10.4. The van der Waals surface area contributed by atoms with Crippen molar-refractivity contribution in [2.24, 2.45) is 0 Å². The Morgan fingerprint density at radius 1 is 1.13 bits per heavy atom. The first kappa shape index (κ1) is 24.5. The summed E-state index contributed by atoms with van der Waals surface area (Å²) < 4.78 is 5.42. The number of halogens is 2. The summed E-state index contributed by atoms with van der Waals surface area (Å²) in [6, 6.07) is 15.9. The highest BCUT2D eigenvalue weighted by atomic mass is 35.5. The lowest BCUT2D eigenvalue weighted by atomic mass is 10.2. The molecule has 2 rings (SSSR count). The van der Waals surface area contributed by atoms with Gasteiger partial charge in [0.25, 0.3) is 0 Å². The molecule has 0 radical (unpaired) electrons. The molecule has 0 aromatic heterocycles. The summed E-state index contributed by atoms with van der Waals surface area (Å²) >= 11 is 11.9. The van der Waals surface area contributed by atoms with Crippen LogP contribution in [0.5, 0.6) is 5.75 Å². The first-order chi connectivity index (χ1) is 14.9. The highest BCUT2D eigenvalue weighted by Crippen LogP contribution is 2.31. The molecule has 0 fully saturated rings. The number of hydrogen-bond acceptors (Lipinski definition) is 5. The van der Waals surface area contributed by atoms with Crippen LogP contribution in [0.1, 0.15) is 19.3 Å². The summed E-state index contributed by atoms with van der Waals surface area (Å²) in [5, 5.41) is 22.0. The molecule has 1 atom stereocenters. The van der Waals surface area contributed by atoms with Crippen LogP contribution in [-0.4, -0.2) is 42.7 Å². The molecule has 0 saturated carbocycles. The van der Waals surface area contributed by atoms with Gasteiger partial charge in [-0.15, -0.1) is 0 Å². The van der Waals surface area contributed by atoms with Gasteiger partial charge in [-0.1, -0.05) is 47.5 Å². The number of nitriles is 1. The summed E-state index contributed by atoms with van der Waals surface area (Å²) in [6.07, 6.45) is -0.833. The Kier molecular flexibility index (Phi) is 10.1. The van der Waals surface area contributed by atoms with Crippen LogP contribution in [-0.2, 0) is 9.59 Å². The summed E-state index contributed by atoms with van der Waals surface area (Å²) in [6.45, 7) is 0.125. The van der Waals surface area contributed by atoms with Crippen LogP contribution in [0.15, 0.2) is 48.5 Å². The minimum Gasteiger partial charge on any atom is -0.489 e. The van der Waals surface area contributed by atoms with Crippen LogP contribution in [0.3, 0.4) is 0 Å². The predicted molar refractivity (Wildman–Crippen MR) is 119 cm³/mol. The Morgan fingerprint density at radius 2 is 1.87 bits per heavy atom. The number of amides is 2. The van der Waals surface area contributed by atoms with Crippen LogP contribution in [0, 0.1) is 11.3 Å². The number of rotatable bonds is 11. The fourth-order valence-electron chi connectivity index (χ4n) is 2.68. The summed E-state index contributed by atoms with van der Waals surface area (Å²) in [5.41, 5.74) is 0.676. The van der Waals surface area contributed by atoms with Crippen LogP contribution >= 0.6 is 23.2 Å². The lowest BCUT2D eigenvalue weighted by Crippen LogP contribution is -2.37. The van der Waals surface area contributed by atoms with E-state index in [0.717, 1.165) is 0 Å². The van der Waals surface area contributed by atoms with Crippen molar-refractivity contribution >= 4 is 40.7 Å². The number of aliphatic hydroxyl groups excluding tert-OH is 1. The molecule has 0 aliphatic rings. The number of aliphatic hydroxyl groups is 1. The van der Waals surface area contributed by atoms with Crippen LogP contribution in [0.4, 0.5) is 5.69 Å². The Balaban J connectivity index is 1.76. The smallest absolute Gasteiger partial charge is 0.227 e. The molecule has 0 spiro atoms. The SMILES string of the molecule is N#CCCN(C(=O)CCC(=O)NCC(O)COc1cccc(Cl)c1Cl)c1ccccc1. The van der Waals surface area contributed by atoms with Crippen molar-refractivity contribution in [1.29, 1.82) is 5.26 Å². The summed E-state index contributed by atoms with van der Waals surface area (Å²) in [7, 11) is 0. The van der Waals surface area contributed by atoms with E-state index in [1.807, 2.05) is 12.1 Å². The van der Waals surface area contributed by atoms with Gasteiger partial charge in [0.1, 0.15) is 23.5 Å². The number of ether oxygens (including phenoxy) is 1. The third-order valence-electron chi connectivity index (χ3n) is 4.26. The van der Waals surface area contributed by atoms with Crippen molar-refractivity contribution in [1.82, 2.24) is 5.32 Å². The topological polar surface area (TPSA) is 103 Å². The monoisotopic (exact) mass is 463 g/mol. The molecular formula is C22H23Cl2N3O4. The summed E-state index contributed by atoms with van der Waals surface area (Å²) in [5.74, 6) is -0.291. The van der Waals surface area contributed by atoms with Gasteiger partial charge in [-0.05, 0) is 24.3 Å². The number of nitrogens with one attached hydrogen (secondary N) is 1. The molecule has 0 bridgehead atoms. The van der Waals surface area contributed by atoms with Gasteiger partial charge in [0.05, 0.1) is 17.5 Å². The van der Waals surface area contributed by atoms with Gasteiger partial charge in [-0.2, -0.15) is 5.26 Å². The van der Waals surface area contributed by atoms with E-state index in [9.17, 15) is 14.7 Å². The van der Waals surface area contributed by atoms with Gasteiger partial charge < -0.3 is 20.1 Å². The zero-order chi connectivity index (χ0) is 22.6. The second-order valence-corrected chi connectivity index (χ2v) is 7.40. The van der Waals surface area contributed by atoms with Crippen molar-refractivity contribution < 1.29 is 19.4 Å². The minimum atomic E-state index is -0.967. The molecule has 1 unspecified atom stereocenters. The highest BCUT2D eigenvalue weighted by molar-refractivity contribution is 6.42. The van der Waals surface area contributed by atoms with Crippen LogP contribution in [0.25, 0.3) is 0 Å². The molecular weight excluding hydrogens is 441 g/mol. The second kappa shape index (κ2) is 12.8. The maximum Gasteiger partial charge on any atom is 0.227 e. The van der Waals surface area contributed by atoms with E-state index >= 15 is 0 Å². The number of carbonyl (C=O) groups is 2. The number of nitrogens with zero attached hydrogens (tertiary/aromatic N) is 2. The largest absolute Gasteiger partial charge is 0.489 e. The van der Waals surface area contributed by atoms with Gasteiger partial charge in [0.15, 0.2) is 0 Å². The summed E-state index contributed by atoms with van der Waals surface area (Å²) in [4.78, 5) is 26.1. The van der Waals surface area contributed by atoms with Crippen molar-refractivity contribution in [3.05, 3.63) is 58.6 Å². The second-order valence-electron chi connectivity index (χ2n) is 6.61. The Labute approximate surface area is 191 Å². The number of carbonyl (C=O) groups excluding carboxylic acids is 2. The third kappa shape index (κ3) is 8.10. The van der Waals surface area contributed by atoms with E-state index in [-0.39, 0.29) is 55.8 Å². The van der Waals surface area contributed by atoms with Crippen molar-refractivity contribution in [2.75, 3.05) is 24.6 Å². The van der Waals surface area contributed by atoms with Gasteiger partial charge in [0, 0.05) is 31.6 Å². The van der Waals surface area contributed by atoms with Crippen LogP contribution in [0.2, 0.25) is 10.0 Å². The van der Waals surface area contributed by atoms with Gasteiger partial charge in [0.2, 0.25) is 11.8 Å². The van der Waals surface area contributed by atoms with Crippen LogP contribution < -0.4 is 15.0 Å². The van der Waals surface area contributed by atoms with E-state index in [1.165, 1.54) is 4.90 Å². The quantitative estimate of drug-likeness (QED) is 0.529. The molecule has 31 heavy (non-hydrogen) atoms. The molecule has 2 amide bonds. The average molecular weight is 464 g/mol. The van der Waals surface area contributed by atoms with E-state index in [1.54, 1.807) is 42.5 Å². The van der Waals surface area contributed by atoms with E-state index in [0.29, 0.717) is 16.5 Å². The van der Waals surface area contributed by atoms with Gasteiger partial charge >= 0.3 is 0 Å². The molecule has 0 saturated heterocycles. The molecule has 0 aliphatic heterocycles. The lowest BCUT2D eigenvalue weighted by molar-refractivity contribution is -0.125. The van der Waals surface area contributed by atoms with Crippen molar-refractivity contribution in [3.63, 3.8) is 0 Å². The highest BCUT2D eigenvalue weighted by Gasteiger charge is 2.17. The van der Waals surface area contributed by atoms with E-state index in [2.05, 4.69) is 5.32 Å². The average Bonchev–Trinajstić information content (AvgIpc) is 2.78. The fraction of sp³-hybridized carbons (Fsp3) is 0.318. The third-order valence-corrected chi connectivity index (χ3v) is 5.07. The molecule has 0 heterocycles. The number of hydrogen-bond donors (Lipinski definition) is 2. The first-order valence-electron chi connectivity index (χ1n) is 9.66. The zero-order valence-electron chi connectivity index (χ0n) is 16.8. The van der Waals surface area contributed by atoms with E-state index in [4.69, 9.17) is 33.2 Å². The standard InChI is InChI=1S/C22H23Cl2N3O4/c23-18-8-4-9-19(22(18)24)31-15-17(28)14-26-20(29)10-11-21(30)27(13-5-12-25)16-6-2-1-3-7-16/h1-4,6-9,17,28H,5,10-11,13-15H2,(H,26,29). The molecule has 164 valence electrons. The Hall–Kier alpha value is -2.79. The predicted octanol–water partition coefficient (Wildman–Crippen LogP) is 3.58. The van der Waals surface area contributed by atoms with Gasteiger partial charge in [-0.3, -0.25) is 9.59 Å². The fourth-order valence-corrected chi connectivity index (χ4v) is 3.03. The Bertz CT molecular complexity index is 919. The lowest BCUT2D eigenvalue weighted by Gasteiger charge is -2.21. The maximum absolute atomic E-state index is 12.6. The normalized spacial score (nSPS) is 11.3. The molecule has 0 aliphatic carbocycles. The minimum absolute atomic E-state index is 0.0170.